The Kier molecular flexibility index (Phi) is 4.71. The van der Waals surface area contributed by atoms with Gasteiger partial charge in [-0.1, -0.05) is 41.6 Å². The number of aliphatic hydroxyl groups is 1. The van der Waals surface area contributed by atoms with Gasteiger partial charge < -0.3 is 10.0 Å². The van der Waals surface area contributed by atoms with Crippen molar-refractivity contribution in [3.8, 4) is 0 Å². The average Bonchev–Trinajstić information content (AvgIpc) is 2.96. The Morgan fingerprint density at radius 3 is 2.68 bits per heavy atom. The van der Waals surface area contributed by atoms with Crippen molar-refractivity contribution in [1.82, 2.24) is 0 Å². The predicted molar refractivity (Wildman–Crippen MR) is 89.5 cm³/mol. The van der Waals surface area contributed by atoms with Crippen molar-refractivity contribution < 1.29 is 9.90 Å². The van der Waals surface area contributed by atoms with E-state index in [9.17, 15) is 9.90 Å². The summed E-state index contributed by atoms with van der Waals surface area (Å²) < 4.78 is 0. The van der Waals surface area contributed by atoms with Crippen molar-refractivity contribution in [3.05, 3.63) is 53.1 Å². The van der Waals surface area contributed by atoms with E-state index in [2.05, 4.69) is 0 Å². The second-order valence-electron chi connectivity index (χ2n) is 5.13. The molecule has 0 unspecified atom stereocenters. The second-order valence-corrected chi connectivity index (χ2v) is 6.62. The van der Waals surface area contributed by atoms with Crippen LogP contribution < -0.4 is 4.90 Å². The zero-order chi connectivity index (χ0) is 15.5. The molecule has 0 aromatic heterocycles. The summed E-state index contributed by atoms with van der Waals surface area (Å²) in [4.78, 5) is 15.5. The highest BCUT2D eigenvalue weighted by Crippen LogP contribution is 2.37. The van der Waals surface area contributed by atoms with Gasteiger partial charge in [0.2, 0.25) is 5.91 Å². The highest BCUT2D eigenvalue weighted by Gasteiger charge is 2.22. The van der Waals surface area contributed by atoms with E-state index in [-0.39, 0.29) is 12.5 Å². The van der Waals surface area contributed by atoms with Crippen molar-refractivity contribution in [2.24, 2.45) is 0 Å². The lowest BCUT2D eigenvalue weighted by Gasteiger charge is -2.17. The monoisotopic (exact) mass is 333 g/mol. The molecule has 0 spiro atoms. The predicted octanol–water partition coefficient (Wildman–Crippen LogP) is 4.11. The Labute approximate surface area is 138 Å². The fourth-order valence-electron chi connectivity index (χ4n) is 2.51. The summed E-state index contributed by atoms with van der Waals surface area (Å²) >= 11 is 7.90. The van der Waals surface area contributed by atoms with Crippen LogP contribution in [0.1, 0.15) is 18.4 Å². The Balaban J connectivity index is 1.85. The first-order chi connectivity index (χ1) is 10.7. The van der Waals surface area contributed by atoms with E-state index in [0.717, 1.165) is 34.0 Å². The topological polar surface area (TPSA) is 40.5 Å². The zero-order valence-corrected chi connectivity index (χ0v) is 13.5. The second kappa shape index (κ2) is 6.73. The summed E-state index contributed by atoms with van der Waals surface area (Å²) in [5, 5.41) is 10.0. The summed E-state index contributed by atoms with van der Waals surface area (Å²) in [7, 11) is 0. The fourth-order valence-corrected chi connectivity index (χ4v) is 3.74. The molecule has 1 aliphatic rings. The highest BCUT2D eigenvalue weighted by molar-refractivity contribution is 7.99. The van der Waals surface area contributed by atoms with Gasteiger partial charge in [-0.2, -0.15) is 0 Å². The lowest BCUT2D eigenvalue weighted by atomic mass is 10.2. The van der Waals surface area contributed by atoms with Crippen LogP contribution >= 0.6 is 23.4 Å². The van der Waals surface area contributed by atoms with E-state index < -0.39 is 0 Å². The van der Waals surface area contributed by atoms with Crippen molar-refractivity contribution in [2.75, 3.05) is 11.4 Å². The number of aliphatic hydroxyl groups excluding tert-OH is 1. The molecule has 5 heteroatoms. The largest absolute Gasteiger partial charge is 0.392 e. The molecule has 1 N–H and O–H groups in total. The average molecular weight is 334 g/mol. The molecule has 1 heterocycles. The van der Waals surface area contributed by atoms with E-state index in [4.69, 9.17) is 11.6 Å². The lowest BCUT2D eigenvalue weighted by molar-refractivity contribution is -0.117. The fraction of sp³-hybridized carbons (Fsp3) is 0.235. The molecule has 1 amide bonds. The van der Waals surface area contributed by atoms with Crippen molar-refractivity contribution in [2.45, 2.75) is 29.2 Å². The normalized spacial score (nSPS) is 14.6. The number of carbonyl (C=O) groups excluding carboxylic acids is 1. The van der Waals surface area contributed by atoms with E-state index in [1.165, 1.54) is 11.8 Å². The Morgan fingerprint density at radius 1 is 1.18 bits per heavy atom. The van der Waals surface area contributed by atoms with Gasteiger partial charge in [0.1, 0.15) is 0 Å². The molecule has 0 atom stereocenters. The number of rotatable bonds is 4. The molecule has 0 radical (unpaired) electrons. The molecule has 0 bridgehead atoms. The van der Waals surface area contributed by atoms with Crippen molar-refractivity contribution >= 4 is 35.0 Å². The van der Waals surface area contributed by atoms with Crippen LogP contribution in [0.25, 0.3) is 0 Å². The van der Waals surface area contributed by atoms with Gasteiger partial charge in [-0.25, -0.2) is 0 Å². The number of hydrogen-bond acceptors (Lipinski definition) is 3. The molecule has 2 aromatic rings. The number of anilines is 1. The van der Waals surface area contributed by atoms with Gasteiger partial charge in [-0.3, -0.25) is 4.79 Å². The summed E-state index contributed by atoms with van der Waals surface area (Å²) in [5.41, 5.74) is 1.73. The summed E-state index contributed by atoms with van der Waals surface area (Å²) in [6, 6.07) is 13.4. The smallest absolute Gasteiger partial charge is 0.227 e. The molecule has 1 saturated heterocycles. The summed E-state index contributed by atoms with van der Waals surface area (Å²) in [6.45, 7) is 0.760. The minimum atomic E-state index is 0.00115. The number of halogens is 1. The maximum absolute atomic E-state index is 11.8. The van der Waals surface area contributed by atoms with Gasteiger partial charge >= 0.3 is 0 Å². The number of benzene rings is 2. The maximum atomic E-state index is 11.8. The Morgan fingerprint density at radius 2 is 2.00 bits per heavy atom. The quantitative estimate of drug-likeness (QED) is 0.915. The molecular weight excluding hydrogens is 318 g/mol. The molecule has 1 aliphatic heterocycles. The standard InChI is InChI=1S/C17H16ClNO2S/c18-14-10-13(19-9-3-6-17(19)21)7-8-16(14)22-15-5-2-1-4-12(15)11-20/h1-2,4-5,7-8,10,20H,3,6,9,11H2. The zero-order valence-electron chi connectivity index (χ0n) is 12.0. The van der Waals surface area contributed by atoms with Gasteiger partial charge in [0.05, 0.1) is 11.6 Å². The summed E-state index contributed by atoms with van der Waals surface area (Å²) in [6.07, 6.45) is 1.51. The SMILES string of the molecule is O=C1CCCN1c1ccc(Sc2ccccc2CO)c(Cl)c1. The Bertz CT molecular complexity index is 705. The van der Waals surface area contributed by atoms with Crippen LogP contribution in [0.4, 0.5) is 5.69 Å². The summed E-state index contributed by atoms with van der Waals surface area (Å²) in [5.74, 6) is 0.155. The van der Waals surface area contributed by atoms with Crippen LogP contribution in [0.15, 0.2) is 52.3 Å². The van der Waals surface area contributed by atoms with Crippen LogP contribution in [-0.2, 0) is 11.4 Å². The number of carbonyl (C=O) groups is 1. The molecule has 1 fully saturated rings. The Hall–Kier alpha value is -1.49. The van der Waals surface area contributed by atoms with Crippen molar-refractivity contribution in [3.63, 3.8) is 0 Å². The van der Waals surface area contributed by atoms with Gasteiger partial charge in [-0.05, 0) is 36.2 Å². The minimum Gasteiger partial charge on any atom is -0.392 e. The van der Waals surface area contributed by atoms with Crippen LogP contribution in [-0.4, -0.2) is 17.6 Å². The third-order valence-corrected chi connectivity index (χ3v) is 5.28. The van der Waals surface area contributed by atoms with Crippen molar-refractivity contribution in [1.29, 1.82) is 0 Å². The van der Waals surface area contributed by atoms with Crippen LogP contribution in [0.3, 0.4) is 0 Å². The van der Waals surface area contributed by atoms with Gasteiger partial charge in [0.15, 0.2) is 0 Å². The molecule has 0 aliphatic carbocycles. The van der Waals surface area contributed by atoms with Crippen LogP contribution in [0, 0.1) is 0 Å². The minimum absolute atomic E-state index is 0.00115. The number of hydrogen-bond donors (Lipinski definition) is 1. The van der Waals surface area contributed by atoms with E-state index in [0.29, 0.717) is 11.4 Å². The molecule has 0 saturated carbocycles. The lowest BCUT2D eigenvalue weighted by Crippen LogP contribution is -2.23. The van der Waals surface area contributed by atoms with Gasteiger partial charge in [0, 0.05) is 28.4 Å². The highest BCUT2D eigenvalue weighted by atomic mass is 35.5. The molecule has 114 valence electrons. The molecule has 2 aromatic carbocycles. The third-order valence-electron chi connectivity index (χ3n) is 3.66. The first-order valence-electron chi connectivity index (χ1n) is 7.15. The molecule has 3 rings (SSSR count). The molecule has 22 heavy (non-hydrogen) atoms. The van der Waals surface area contributed by atoms with E-state index >= 15 is 0 Å². The third kappa shape index (κ3) is 3.14. The number of nitrogens with zero attached hydrogens (tertiary/aromatic N) is 1. The van der Waals surface area contributed by atoms with Crippen LogP contribution in [0.2, 0.25) is 5.02 Å². The maximum Gasteiger partial charge on any atom is 0.227 e. The van der Waals surface area contributed by atoms with Crippen LogP contribution in [0.5, 0.6) is 0 Å². The first-order valence-corrected chi connectivity index (χ1v) is 8.35. The number of amides is 1. The molecule has 3 nitrogen and oxygen atoms in total. The first kappa shape index (κ1) is 15.4. The molecular formula is C17H16ClNO2S. The van der Waals surface area contributed by atoms with Gasteiger partial charge in [-0.15, -0.1) is 0 Å². The van der Waals surface area contributed by atoms with E-state index in [1.54, 1.807) is 4.90 Å². The van der Waals surface area contributed by atoms with E-state index in [1.807, 2.05) is 42.5 Å². The van der Waals surface area contributed by atoms with Gasteiger partial charge in [0.25, 0.3) is 0 Å².